The fraction of sp³-hybridized carbons (Fsp3) is 0.500. The van der Waals surface area contributed by atoms with Gasteiger partial charge in [0.05, 0.1) is 6.26 Å². The highest BCUT2D eigenvalue weighted by Crippen LogP contribution is 2.29. The van der Waals surface area contributed by atoms with Crippen LogP contribution in [0.4, 0.5) is 0 Å². The van der Waals surface area contributed by atoms with E-state index in [1.54, 1.807) is 6.26 Å². The molecule has 1 fully saturated rings. The second-order valence-electron chi connectivity index (χ2n) is 5.89. The Labute approximate surface area is 134 Å². The molecule has 0 bridgehead atoms. The number of hydrogen-bond acceptors (Lipinski definition) is 5. The molecule has 5 nitrogen and oxygen atoms in total. The van der Waals surface area contributed by atoms with E-state index in [-0.39, 0.29) is 11.9 Å². The van der Waals surface area contributed by atoms with Crippen molar-refractivity contribution in [2.24, 2.45) is 11.7 Å². The number of nitrogens with two attached hydrogens (primary N) is 1. The zero-order chi connectivity index (χ0) is 15.7. The number of aromatic nitrogens is 1. The Balaban J connectivity index is 1.73. The molecule has 2 aromatic rings. The van der Waals surface area contributed by atoms with Gasteiger partial charge in [-0.3, -0.25) is 4.79 Å². The standard InChI is InChI=1S/C16H21N3O2S/c1-10(17)12-5-7-19(8-6-12)16(20)14-11(2)22-15(18-14)13-4-3-9-21-13/h3-4,9-10,12H,5-8,17H2,1-2H3. The predicted molar refractivity (Wildman–Crippen MR) is 86.8 cm³/mol. The molecule has 1 atom stereocenters. The van der Waals surface area contributed by atoms with Crippen LogP contribution in [0.5, 0.6) is 0 Å². The average molecular weight is 319 g/mol. The summed E-state index contributed by atoms with van der Waals surface area (Å²) in [5.41, 5.74) is 6.51. The number of nitrogens with zero attached hydrogens (tertiary/aromatic N) is 2. The Morgan fingerprint density at radius 1 is 1.50 bits per heavy atom. The first-order chi connectivity index (χ1) is 10.6. The van der Waals surface area contributed by atoms with Crippen molar-refractivity contribution in [1.82, 2.24) is 9.88 Å². The quantitative estimate of drug-likeness (QED) is 0.944. The highest BCUT2D eigenvalue weighted by Gasteiger charge is 2.28. The maximum absolute atomic E-state index is 12.7. The molecule has 1 saturated heterocycles. The number of rotatable bonds is 3. The Morgan fingerprint density at radius 2 is 2.23 bits per heavy atom. The van der Waals surface area contributed by atoms with E-state index in [2.05, 4.69) is 4.98 Å². The van der Waals surface area contributed by atoms with Crippen LogP contribution in [0.3, 0.4) is 0 Å². The Bertz CT molecular complexity index is 640. The highest BCUT2D eigenvalue weighted by molar-refractivity contribution is 7.15. The van der Waals surface area contributed by atoms with Crippen LogP contribution in [0.1, 0.15) is 35.1 Å². The van der Waals surface area contributed by atoms with Gasteiger partial charge in [-0.05, 0) is 44.7 Å². The molecular weight excluding hydrogens is 298 g/mol. The van der Waals surface area contributed by atoms with E-state index in [9.17, 15) is 4.79 Å². The van der Waals surface area contributed by atoms with E-state index in [0.717, 1.165) is 35.8 Å². The minimum atomic E-state index is 0.0229. The summed E-state index contributed by atoms with van der Waals surface area (Å²) in [7, 11) is 0. The van der Waals surface area contributed by atoms with Gasteiger partial charge in [0.1, 0.15) is 5.69 Å². The molecule has 0 aromatic carbocycles. The van der Waals surface area contributed by atoms with Crippen molar-refractivity contribution in [3.05, 3.63) is 29.0 Å². The van der Waals surface area contributed by atoms with Gasteiger partial charge < -0.3 is 15.1 Å². The van der Waals surface area contributed by atoms with Crippen LogP contribution >= 0.6 is 11.3 Å². The first-order valence-corrected chi connectivity index (χ1v) is 8.44. The Morgan fingerprint density at radius 3 is 2.82 bits per heavy atom. The molecule has 0 saturated carbocycles. The van der Waals surface area contributed by atoms with Crippen molar-refractivity contribution in [2.45, 2.75) is 32.7 Å². The van der Waals surface area contributed by atoms with E-state index >= 15 is 0 Å². The lowest BCUT2D eigenvalue weighted by molar-refractivity contribution is 0.0675. The van der Waals surface area contributed by atoms with Crippen molar-refractivity contribution < 1.29 is 9.21 Å². The number of piperidine rings is 1. The monoisotopic (exact) mass is 319 g/mol. The van der Waals surface area contributed by atoms with Gasteiger partial charge in [-0.2, -0.15) is 0 Å². The van der Waals surface area contributed by atoms with Crippen LogP contribution in [0.25, 0.3) is 10.8 Å². The number of likely N-dealkylation sites (tertiary alicyclic amines) is 1. The number of carbonyl (C=O) groups is 1. The predicted octanol–water partition coefficient (Wildman–Crippen LogP) is 2.91. The minimum absolute atomic E-state index is 0.0229. The van der Waals surface area contributed by atoms with E-state index in [0.29, 0.717) is 17.4 Å². The van der Waals surface area contributed by atoms with Crippen molar-refractivity contribution in [1.29, 1.82) is 0 Å². The van der Waals surface area contributed by atoms with Crippen LogP contribution in [0, 0.1) is 12.8 Å². The molecule has 2 aromatic heterocycles. The second-order valence-corrected chi connectivity index (χ2v) is 7.09. The van der Waals surface area contributed by atoms with Gasteiger partial charge in [-0.25, -0.2) is 4.98 Å². The summed E-state index contributed by atoms with van der Waals surface area (Å²) in [5.74, 6) is 1.25. The van der Waals surface area contributed by atoms with Crippen LogP contribution in [-0.2, 0) is 0 Å². The lowest BCUT2D eigenvalue weighted by Crippen LogP contribution is -2.42. The lowest BCUT2D eigenvalue weighted by Gasteiger charge is -2.33. The van der Waals surface area contributed by atoms with Gasteiger partial charge >= 0.3 is 0 Å². The fourth-order valence-electron chi connectivity index (χ4n) is 2.88. The summed E-state index contributed by atoms with van der Waals surface area (Å²) in [6.07, 6.45) is 3.56. The third-order valence-corrected chi connectivity index (χ3v) is 5.29. The average Bonchev–Trinajstić information content (AvgIpc) is 3.16. The summed E-state index contributed by atoms with van der Waals surface area (Å²) in [6.45, 7) is 5.50. The smallest absolute Gasteiger partial charge is 0.273 e. The van der Waals surface area contributed by atoms with Gasteiger partial charge in [-0.15, -0.1) is 11.3 Å². The molecule has 6 heteroatoms. The number of carbonyl (C=O) groups excluding carboxylic acids is 1. The normalized spacial score (nSPS) is 17.7. The zero-order valence-corrected chi connectivity index (χ0v) is 13.7. The molecule has 2 N–H and O–H groups in total. The molecule has 0 radical (unpaired) electrons. The van der Waals surface area contributed by atoms with E-state index in [4.69, 9.17) is 10.2 Å². The first kappa shape index (κ1) is 15.2. The SMILES string of the molecule is Cc1sc(-c2ccco2)nc1C(=O)N1CCC(C(C)N)CC1. The summed E-state index contributed by atoms with van der Waals surface area (Å²) in [6, 6.07) is 3.89. The van der Waals surface area contributed by atoms with Gasteiger partial charge in [0.15, 0.2) is 10.8 Å². The second kappa shape index (κ2) is 6.22. The number of aryl methyl sites for hydroxylation is 1. The topological polar surface area (TPSA) is 72.4 Å². The zero-order valence-electron chi connectivity index (χ0n) is 12.9. The summed E-state index contributed by atoms with van der Waals surface area (Å²) in [4.78, 5) is 20.0. The third-order valence-electron chi connectivity index (χ3n) is 4.30. The molecule has 1 unspecified atom stereocenters. The number of thiazole rings is 1. The van der Waals surface area contributed by atoms with Crippen molar-refractivity contribution in [3.8, 4) is 10.8 Å². The minimum Gasteiger partial charge on any atom is -0.462 e. The largest absolute Gasteiger partial charge is 0.462 e. The van der Waals surface area contributed by atoms with Crippen molar-refractivity contribution >= 4 is 17.2 Å². The molecule has 22 heavy (non-hydrogen) atoms. The summed E-state index contributed by atoms with van der Waals surface area (Å²) < 4.78 is 5.36. The van der Waals surface area contributed by atoms with Gasteiger partial charge in [0.25, 0.3) is 5.91 Å². The summed E-state index contributed by atoms with van der Waals surface area (Å²) in [5, 5.41) is 0.760. The van der Waals surface area contributed by atoms with Gasteiger partial charge in [0, 0.05) is 24.0 Å². The highest BCUT2D eigenvalue weighted by atomic mass is 32.1. The molecule has 1 aliphatic rings. The third kappa shape index (κ3) is 2.94. The number of amides is 1. The Kier molecular flexibility index (Phi) is 4.31. The van der Waals surface area contributed by atoms with Gasteiger partial charge in [0.2, 0.25) is 0 Å². The van der Waals surface area contributed by atoms with Crippen LogP contribution < -0.4 is 5.73 Å². The molecular formula is C16H21N3O2S. The molecule has 0 spiro atoms. The fourth-order valence-corrected chi connectivity index (χ4v) is 3.75. The van der Waals surface area contributed by atoms with E-state index < -0.39 is 0 Å². The van der Waals surface area contributed by atoms with Crippen LogP contribution in [-0.4, -0.2) is 34.9 Å². The van der Waals surface area contributed by atoms with Crippen molar-refractivity contribution in [3.63, 3.8) is 0 Å². The van der Waals surface area contributed by atoms with Crippen LogP contribution in [0.2, 0.25) is 0 Å². The molecule has 118 valence electrons. The Hall–Kier alpha value is -1.66. The molecule has 1 aliphatic heterocycles. The maximum atomic E-state index is 12.7. The number of hydrogen-bond donors (Lipinski definition) is 1. The molecule has 3 heterocycles. The lowest BCUT2D eigenvalue weighted by atomic mass is 9.91. The molecule has 0 aliphatic carbocycles. The number of furan rings is 1. The van der Waals surface area contributed by atoms with Crippen LogP contribution in [0.15, 0.2) is 22.8 Å². The first-order valence-electron chi connectivity index (χ1n) is 7.62. The van der Waals surface area contributed by atoms with E-state index in [1.165, 1.54) is 11.3 Å². The van der Waals surface area contributed by atoms with E-state index in [1.807, 2.05) is 30.9 Å². The molecule has 3 rings (SSSR count). The summed E-state index contributed by atoms with van der Waals surface area (Å²) >= 11 is 1.50. The van der Waals surface area contributed by atoms with Gasteiger partial charge in [-0.1, -0.05) is 0 Å². The maximum Gasteiger partial charge on any atom is 0.273 e. The molecule has 1 amide bonds. The van der Waals surface area contributed by atoms with Crippen molar-refractivity contribution in [2.75, 3.05) is 13.1 Å².